The molecule has 1 aliphatic heterocycles. The molecule has 2 aromatic rings. The maximum Gasteiger partial charge on any atom is 0.253 e. The molecule has 0 spiro atoms. The van der Waals surface area contributed by atoms with Crippen LogP contribution in [0.25, 0.3) is 0 Å². The number of carbonyl (C=O) groups excluding carboxylic acids is 1. The fourth-order valence-electron chi connectivity index (χ4n) is 4.62. The minimum Gasteiger partial charge on any atom is -0.336 e. The summed E-state index contributed by atoms with van der Waals surface area (Å²) in [6, 6.07) is 9.92. The van der Waals surface area contributed by atoms with Crippen LogP contribution in [0, 0.1) is 0 Å². The third kappa shape index (κ3) is 3.25. The number of benzene rings is 1. The molecule has 0 N–H and O–H groups in total. The first kappa shape index (κ1) is 18.1. The summed E-state index contributed by atoms with van der Waals surface area (Å²) in [5.41, 5.74) is 0.386. The highest BCUT2D eigenvalue weighted by Gasteiger charge is 2.45. The first-order valence-corrected chi connectivity index (χ1v) is 9.92. The Labute approximate surface area is 160 Å². The zero-order chi connectivity index (χ0) is 18.9. The van der Waals surface area contributed by atoms with Gasteiger partial charge in [-0.15, -0.1) is 5.10 Å². The number of hydrogen-bond acceptors (Lipinski definition) is 5. The van der Waals surface area contributed by atoms with Crippen LogP contribution >= 0.6 is 0 Å². The molecule has 1 aliphatic carbocycles. The van der Waals surface area contributed by atoms with E-state index in [0.717, 1.165) is 43.6 Å². The summed E-state index contributed by atoms with van der Waals surface area (Å²) < 4.78 is 2.05. The topological polar surface area (TPSA) is 67.2 Å². The Hall–Kier alpha value is -2.28. The summed E-state index contributed by atoms with van der Waals surface area (Å²) in [5, 5.41) is 12.9. The fraction of sp³-hybridized carbons (Fsp3) is 0.600. The van der Waals surface area contributed by atoms with E-state index in [1.54, 1.807) is 0 Å². The number of tetrazole rings is 1. The van der Waals surface area contributed by atoms with Gasteiger partial charge in [0.05, 0.1) is 6.04 Å². The van der Waals surface area contributed by atoms with Crippen molar-refractivity contribution in [2.75, 3.05) is 27.2 Å². The molecule has 2 aliphatic rings. The van der Waals surface area contributed by atoms with E-state index in [2.05, 4.69) is 34.5 Å². The van der Waals surface area contributed by atoms with Crippen molar-refractivity contribution in [1.82, 2.24) is 30.0 Å². The van der Waals surface area contributed by atoms with Crippen molar-refractivity contribution < 1.29 is 4.79 Å². The van der Waals surface area contributed by atoms with Gasteiger partial charge in [0.2, 0.25) is 0 Å². The van der Waals surface area contributed by atoms with Gasteiger partial charge in [0, 0.05) is 18.7 Å². The molecule has 2 heterocycles. The molecule has 7 heteroatoms. The number of hydrogen-bond donors (Lipinski definition) is 0. The number of carbonyl (C=O) groups is 1. The van der Waals surface area contributed by atoms with E-state index in [-0.39, 0.29) is 11.4 Å². The molecular weight excluding hydrogens is 340 g/mol. The van der Waals surface area contributed by atoms with Crippen LogP contribution in [-0.2, 0) is 5.54 Å². The average Bonchev–Trinajstić information content (AvgIpc) is 3.39. The average molecular weight is 368 g/mol. The van der Waals surface area contributed by atoms with Crippen molar-refractivity contribution in [2.45, 2.75) is 50.1 Å². The number of likely N-dealkylation sites (tertiary alicyclic amines) is 1. The summed E-state index contributed by atoms with van der Waals surface area (Å²) in [7, 11) is 4.15. The second-order valence-electron chi connectivity index (χ2n) is 8.01. The quantitative estimate of drug-likeness (QED) is 0.829. The first-order valence-electron chi connectivity index (χ1n) is 9.92. The van der Waals surface area contributed by atoms with Crippen LogP contribution in [0.5, 0.6) is 0 Å². The van der Waals surface area contributed by atoms with Gasteiger partial charge in [0.25, 0.3) is 5.91 Å². The van der Waals surface area contributed by atoms with Crippen LogP contribution in [0.15, 0.2) is 30.3 Å². The number of piperidine rings is 1. The van der Waals surface area contributed by atoms with Gasteiger partial charge in [-0.2, -0.15) is 0 Å². The van der Waals surface area contributed by atoms with Crippen LogP contribution in [0.1, 0.15) is 60.7 Å². The molecule has 1 unspecified atom stereocenters. The number of amides is 1. The molecule has 7 nitrogen and oxygen atoms in total. The molecular formula is C20H28N6O. The van der Waals surface area contributed by atoms with Gasteiger partial charge in [-0.3, -0.25) is 9.69 Å². The molecule has 4 rings (SSSR count). The molecule has 1 saturated carbocycles. The molecule has 27 heavy (non-hydrogen) atoms. The zero-order valence-corrected chi connectivity index (χ0v) is 16.2. The zero-order valence-electron chi connectivity index (χ0n) is 16.2. The van der Waals surface area contributed by atoms with Gasteiger partial charge < -0.3 is 4.90 Å². The fourth-order valence-corrected chi connectivity index (χ4v) is 4.62. The summed E-state index contributed by atoms with van der Waals surface area (Å²) >= 11 is 0. The Kier molecular flexibility index (Phi) is 4.95. The van der Waals surface area contributed by atoms with Crippen LogP contribution in [0.2, 0.25) is 0 Å². The van der Waals surface area contributed by atoms with E-state index in [9.17, 15) is 4.79 Å². The summed E-state index contributed by atoms with van der Waals surface area (Å²) in [5.74, 6) is 0.992. The third-order valence-electron chi connectivity index (χ3n) is 6.21. The Balaban J connectivity index is 1.66. The maximum absolute atomic E-state index is 13.1. The van der Waals surface area contributed by atoms with Crippen LogP contribution < -0.4 is 0 Å². The van der Waals surface area contributed by atoms with Gasteiger partial charge >= 0.3 is 0 Å². The van der Waals surface area contributed by atoms with Crippen molar-refractivity contribution in [3.05, 3.63) is 41.7 Å². The maximum atomic E-state index is 13.1. The summed E-state index contributed by atoms with van der Waals surface area (Å²) in [6.07, 6.45) is 6.62. The van der Waals surface area contributed by atoms with Crippen molar-refractivity contribution in [3.63, 3.8) is 0 Å². The SMILES string of the molecule is CN(C)C1(c2nnnn2C2CCCC2)CCCN(C(=O)c2ccccc2)C1. The molecule has 1 atom stereocenters. The second kappa shape index (κ2) is 7.38. The van der Waals surface area contributed by atoms with E-state index >= 15 is 0 Å². The first-order chi connectivity index (χ1) is 13.1. The van der Waals surface area contributed by atoms with E-state index < -0.39 is 0 Å². The number of rotatable bonds is 4. The summed E-state index contributed by atoms with van der Waals surface area (Å²) in [4.78, 5) is 17.2. The van der Waals surface area contributed by atoms with Crippen LogP contribution in [0.4, 0.5) is 0 Å². The monoisotopic (exact) mass is 368 g/mol. The molecule has 1 amide bonds. The van der Waals surface area contributed by atoms with E-state index in [4.69, 9.17) is 0 Å². The molecule has 1 saturated heterocycles. The Bertz CT molecular complexity index is 783. The second-order valence-corrected chi connectivity index (χ2v) is 8.01. The Morgan fingerprint density at radius 1 is 1.15 bits per heavy atom. The Morgan fingerprint density at radius 2 is 1.89 bits per heavy atom. The Morgan fingerprint density at radius 3 is 2.59 bits per heavy atom. The lowest BCUT2D eigenvalue weighted by atomic mass is 9.86. The molecule has 1 aromatic carbocycles. The lowest BCUT2D eigenvalue weighted by molar-refractivity contribution is 0.0250. The third-order valence-corrected chi connectivity index (χ3v) is 6.21. The minimum absolute atomic E-state index is 0.0846. The highest BCUT2D eigenvalue weighted by atomic mass is 16.2. The van der Waals surface area contributed by atoms with E-state index in [1.807, 2.05) is 39.9 Å². The van der Waals surface area contributed by atoms with Gasteiger partial charge in [-0.05, 0) is 62.3 Å². The molecule has 2 fully saturated rings. The lowest BCUT2D eigenvalue weighted by Gasteiger charge is -2.46. The highest BCUT2D eigenvalue weighted by Crippen LogP contribution is 2.38. The van der Waals surface area contributed by atoms with Crippen molar-refractivity contribution in [2.24, 2.45) is 0 Å². The molecule has 0 bridgehead atoms. The smallest absolute Gasteiger partial charge is 0.253 e. The number of aromatic nitrogens is 4. The van der Waals surface area contributed by atoms with E-state index in [0.29, 0.717) is 12.6 Å². The minimum atomic E-state index is -0.352. The van der Waals surface area contributed by atoms with Crippen LogP contribution in [0.3, 0.4) is 0 Å². The van der Waals surface area contributed by atoms with Crippen LogP contribution in [-0.4, -0.2) is 63.1 Å². The van der Waals surface area contributed by atoms with E-state index in [1.165, 1.54) is 12.8 Å². The summed E-state index contributed by atoms with van der Waals surface area (Å²) in [6.45, 7) is 1.38. The van der Waals surface area contributed by atoms with Crippen molar-refractivity contribution in [3.8, 4) is 0 Å². The molecule has 144 valence electrons. The normalized spacial score (nSPS) is 23.9. The highest BCUT2D eigenvalue weighted by molar-refractivity contribution is 5.94. The van der Waals surface area contributed by atoms with Gasteiger partial charge in [-0.1, -0.05) is 31.0 Å². The van der Waals surface area contributed by atoms with Gasteiger partial charge in [0.1, 0.15) is 5.54 Å². The number of nitrogens with zero attached hydrogens (tertiary/aromatic N) is 6. The molecule has 1 aromatic heterocycles. The van der Waals surface area contributed by atoms with Gasteiger partial charge in [0.15, 0.2) is 5.82 Å². The predicted molar refractivity (Wildman–Crippen MR) is 102 cm³/mol. The predicted octanol–water partition coefficient (Wildman–Crippen LogP) is 2.48. The van der Waals surface area contributed by atoms with Crippen molar-refractivity contribution >= 4 is 5.91 Å². The van der Waals surface area contributed by atoms with Crippen molar-refractivity contribution in [1.29, 1.82) is 0 Å². The van der Waals surface area contributed by atoms with Gasteiger partial charge in [-0.25, -0.2) is 4.68 Å². The molecule has 0 radical (unpaired) electrons. The largest absolute Gasteiger partial charge is 0.336 e. The standard InChI is InChI=1S/C20H28N6O/c1-24(2)20(19-21-22-23-26(19)17-11-6-7-12-17)13-8-14-25(15-20)18(27)16-9-4-3-5-10-16/h3-5,9-10,17H,6-8,11-15H2,1-2H3. The lowest BCUT2D eigenvalue weighted by Crippen LogP contribution is -2.56. The number of likely N-dealkylation sites (N-methyl/N-ethyl adjacent to an activating group) is 1.